The predicted molar refractivity (Wildman–Crippen MR) is 134 cm³/mol. The van der Waals surface area contributed by atoms with E-state index in [1.807, 2.05) is 13.0 Å². The largest absolute Gasteiger partial charge is 0.481 e. The fraction of sp³-hybridized carbons (Fsp3) is 0.607. The number of hydrogen-bond donors (Lipinski definition) is 2. The van der Waals surface area contributed by atoms with Gasteiger partial charge >= 0.3 is 29.8 Å². The minimum absolute atomic E-state index is 0.0804. The molecule has 5 atom stereocenters. The standard InChI is InChI=1S/C28H36O10/c1-17-4-7-20-27(2,19(17)6-5-18-13-15-36-26(18)35)14-12-21(38-25(34)11-9-23(31)32)28(20,3)16-37-24(33)10-8-22(29)30/h5-6,13,19-21H,1,4,7-12,14-16H2,2-3H3,(H,29,30)(H,31,32)/b6-5+/t19-,20-,21+,27-,28-/m0/s1. The molecule has 2 fully saturated rings. The molecule has 0 unspecified atom stereocenters. The molecule has 10 heteroatoms. The zero-order chi connectivity index (χ0) is 28.1. The minimum atomic E-state index is -1.11. The van der Waals surface area contributed by atoms with Gasteiger partial charge in [0.2, 0.25) is 0 Å². The lowest BCUT2D eigenvalue weighted by atomic mass is 9.46. The van der Waals surface area contributed by atoms with Gasteiger partial charge in [-0.05, 0) is 43.1 Å². The number of cyclic esters (lactones) is 1. The van der Waals surface area contributed by atoms with Gasteiger partial charge in [-0.2, -0.15) is 0 Å². The molecule has 10 nitrogen and oxygen atoms in total. The highest BCUT2D eigenvalue weighted by atomic mass is 16.6. The van der Waals surface area contributed by atoms with Gasteiger partial charge in [-0.15, -0.1) is 0 Å². The van der Waals surface area contributed by atoms with Crippen molar-refractivity contribution in [3.8, 4) is 0 Å². The van der Waals surface area contributed by atoms with Gasteiger partial charge in [0.1, 0.15) is 19.3 Å². The summed E-state index contributed by atoms with van der Waals surface area (Å²) in [6.45, 7) is 8.49. The molecule has 1 heterocycles. The van der Waals surface area contributed by atoms with Crippen LogP contribution in [0.15, 0.2) is 36.0 Å². The van der Waals surface area contributed by atoms with Crippen LogP contribution in [0.25, 0.3) is 0 Å². The summed E-state index contributed by atoms with van der Waals surface area (Å²) in [5.74, 6) is -4.05. The van der Waals surface area contributed by atoms with Crippen LogP contribution in [0.2, 0.25) is 0 Å². The highest BCUT2D eigenvalue weighted by Crippen LogP contribution is 2.62. The fourth-order valence-corrected chi connectivity index (χ4v) is 6.30. The lowest BCUT2D eigenvalue weighted by molar-refractivity contribution is -0.192. The summed E-state index contributed by atoms with van der Waals surface area (Å²) in [5.41, 5.74) is 0.328. The van der Waals surface area contributed by atoms with Crippen molar-refractivity contribution < 1.29 is 48.4 Å². The normalized spacial score (nSPS) is 30.8. The van der Waals surface area contributed by atoms with E-state index in [9.17, 15) is 24.0 Å². The monoisotopic (exact) mass is 532 g/mol. The highest BCUT2D eigenvalue weighted by Gasteiger charge is 2.59. The Kier molecular flexibility index (Phi) is 9.17. The summed E-state index contributed by atoms with van der Waals surface area (Å²) in [5, 5.41) is 17.8. The molecule has 2 aliphatic carbocycles. The van der Waals surface area contributed by atoms with Gasteiger partial charge < -0.3 is 24.4 Å². The van der Waals surface area contributed by atoms with E-state index in [4.69, 9.17) is 24.4 Å². The van der Waals surface area contributed by atoms with Gasteiger partial charge in [0.15, 0.2) is 0 Å². The molecule has 1 aliphatic heterocycles. The van der Waals surface area contributed by atoms with Crippen LogP contribution in [-0.4, -0.2) is 59.4 Å². The van der Waals surface area contributed by atoms with Crippen molar-refractivity contribution in [2.45, 2.75) is 71.3 Å². The molecule has 0 bridgehead atoms. The minimum Gasteiger partial charge on any atom is -0.481 e. The smallest absolute Gasteiger partial charge is 0.338 e. The second-order valence-corrected chi connectivity index (χ2v) is 10.8. The fourth-order valence-electron chi connectivity index (χ4n) is 6.30. The Balaban J connectivity index is 1.88. The maximum Gasteiger partial charge on any atom is 0.338 e. The van der Waals surface area contributed by atoms with Crippen LogP contribution in [0.3, 0.4) is 0 Å². The Morgan fingerprint density at radius 2 is 1.74 bits per heavy atom. The first-order chi connectivity index (χ1) is 17.9. The van der Waals surface area contributed by atoms with Crippen LogP contribution in [0.1, 0.15) is 65.2 Å². The van der Waals surface area contributed by atoms with E-state index in [1.54, 1.807) is 12.2 Å². The van der Waals surface area contributed by atoms with Crippen LogP contribution in [-0.2, 0) is 38.2 Å². The van der Waals surface area contributed by atoms with Crippen molar-refractivity contribution in [2.24, 2.45) is 22.7 Å². The summed E-state index contributed by atoms with van der Waals surface area (Å²) in [7, 11) is 0. The second kappa shape index (κ2) is 12.0. The Labute approximate surface area is 221 Å². The third kappa shape index (κ3) is 6.52. The van der Waals surface area contributed by atoms with Crippen LogP contribution in [0, 0.1) is 22.7 Å². The molecule has 0 aromatic carbocycles. The molecule has 0 amide bonds. The van der Waals surface area contributed by atoms with Crippen molar-refractivity contribution >= 4 is 29.8 Å². The number of esters is 3. The third-order valence-electron chi connectivity index (χ3n) is 8.30. The van der Waals surface area contributed by atoms with Crippen LogP contribution in [0.5, 0.6) is 0 Å². The van der Waals surface area contributed by atoms with E-state index in [-0.39, 0.29) is 62.1 Å². The van der Waals surface area contributed by atoms with Gasteiger partial charge in [-0.1, -0.05) is 38.2 Å². The Hall–Kier alpha value is -3.43. The topological polar surface area (TPSA) is 154 Å². The van der Waals surface area contributed by atoms with Crippen LogP contribution >= 0.6 is 0 Å². The molecule has 0 spiro atoms. The molecular formula is C28H36O10. The molecular weight excluding hydrogens is 496 g/mol. The molecule has 2 saturated carbocycles. The lowest BCUT2D eigenvalue weighted by Crippen LogP contribution is -2.58. The maximum atomic E-state index is 12.5. The molecule has 3 rings (SSSR count). The Morgan fingerprint density at radius 3 is 2.34 bits per heavy atom. The first kappa shape index (κ1) is 29.1. The van der Waals surface area contributed by atoms with Crippen molar-refractivity contribution in [3.63, 3.8) is 0 Å². The van der Waals surface area contributed by atoms with E-state index >= 15 is 0 Å². The molecule has 0 radical (unpaired) electrons. The number of carboxylic acids is 2. The van der Waals surface area contributed by atoms with E-state index in [0.717, 1.165) is 5.57 Å². The van der Waals surface area contributed by atoms with Gasteiger partial charge in [-0.3, -0.25) is 19.2 Å². The number of aliphatic carboxylic acids is 2. The van der Waals surface area contributed by atoms with E-state index < -0.39 is 35.4 Å². The number of allylic oxidation sites excluding steroid dienone is 2. The molecule has 0 aromatic heterocycles. The lowest BCUT2D eigenvalue weighted by Gasteiger charge is -2.59. The van der Waals surface area contributed by atoms with Gasteiger partial charge in [0.05, 0.1) is 31.3 Å². The average molecular weight is 533 g/mol. The Morgan fingerprint density at radius 1 is 1.08 bits per heavy atom. The first-order valence-corrected chi connectivity index (χ1v) is 12.9. The number of carbonyl (C=O) groups excluding carboxylic acids is 3. The Bertz CT molecular complexity index is 1060. The zero-order valence-electron chi connectivity index (χ0n) is 21.9. The summed E-state index contributed by atoms with van der Waals surface area (Å²) in [6, 6.07) is 0. The number of rotatable bonds is 11. The SMILES string of the molecule is C=C1CC[C@@H]2[C@](C)(COC(=O)CCC(=O)O)[C@H](OC(=O)CCC(=O)O)CC[C@@]2(C)[C@H]1/C=C/C1=CCOC1=O. The van der Waals surface area contributed by atoms with Gasteiger partial charge in [-0.25, -0.2) is 4.79 Å². The third-order valence-corrected chi connectivity index (χ3v) is 8.30. The average Bonchev–Trinajstić information content (AvgIpc) is 3.26. The molecule has 38 heavy (non-hydrogen) atoms. The van der Waals surface area contributed by atoms with Crippen LogP contribution < -0.4 is 0 Å². The molecule has 0 aromatic rings. The molecule has 3 aliphatic rings. The van der Waals surface area contributed by atoms with Gasteiger partial charge in [0, 0.05) is 11.3 Å². The summed E-state index contributed by atoms with van der Waals surface area (Å²) in [6.07, 6.45) is 6.10. The summed E-state index contributed by atoms with van der Waals surface area (Å²) >= 11 is 0. The van der Waals surface area contributed by atoms with Crippen molar-refractivity contribution in [1.29, 1.82) is 0 Å². The van der Waals surface area contributed by atoms with Crippen molar-refractivity contribution in [3.05, 3.63) is 36.0 Å². The van der Waals surface area contributed by atoms with E-state index in [1.165, 1.54) is 0 Å². The molecule has 208 valence electrons. The van der Waals surface area contributed by atoms with Crippen molar-refractivity contribution in [2.75, 3.05) is 13.2 Å². The van der Waals surface area contributed by atoms with Gasteiger partial charge in [0.25, 0.3) is 0 Å². The highest BCUT2D eigenvalue weighted by molar-refractivity contribution is 5.93. The summed E-state index contributed by atoms with van der Waals surface area (Å²) in [4.78, 5) is 58.6. The van der Waals surface area contributed by atoms with E-state index in [0.29, 0.717) is 31.3 Å². The second-order valence-electron chi connectivity index (χ2n) is 10.8. The molecule has 0 saturated heterocycles. The number of fused-ring (bicyclic) bond motifs is 1. The number of carboxylic acid groups (broad SMARTS) is 2. The predicted octanol–water partition coefficient (Wildman–Crippen LogP) is 3.60. The first-order valence-electron chi connectivity index (χ1n) is 12.9. The number of hydrogen-bond acceptors (Lipinski definition) is 8. The molecule has 2 N–H and O–H groups in total. The maximum absolute atomic E-state index is 12.5. The quantitative estimate of drug-likeness (QED) is 0.229. The van der Waals surface area contributed by atoms with E-state index in [2.05, 4.69) is 13.5 Å². The zero-order valence-corrected chi connectivity index (χ0v) is 21.9. The van der Waals surface area contributed by atoms with Crippen LogP contribution in [0.4, 0.5) is 0 Å². The number of carbonyl (C=O) groups is 5. The van der Waals surface area contributed by atoms with Crippen molar-refractivity contribution in [1.82, 2.24) is 0 Å². The number of ether oxygens (including phenoxy) is 3. The summed E-state index contributed by atoms with van der Waals surface area (Å²) < 4.78 is 16.4.